The van der Waals surface area contributed by atoms with E-state index in [1.165, 1.54) is 62.6 Å². The third-order valence-electron chi connectivity index (χ3n) is 8.77. The van der Waals surface area contributed by atoms with Crippen LogP contribution in [0.15, 0.2) is 53.4 Å². The SMILES string of the molecule is CCOOC(=O)[C@H](C)OP(=O)(COc1ccc(C[C@H](NC(=O)O[C@H]2CO[C@H]3OCC[C@H]32)[C@H](O)CN(CC(C)C)S(=O)(=O)c2ccc(OC)cc2)cc1)OCC(F)(F)F. The molecule has 1 amide bonds. The number of aliphatic hydroxyl groups excluding tert-OH is 1. The summed E-state index contributed by atoms with van der Waals surface area (Å²) in [4.78, 5) is 34.2. The van der Waals surface area contributed by atoms with Crippen molar-refractivity contribution in [1.29, 1.82) is 0 Å². The Morgan fingerprint density at radius 1 is 1.03 bits per heavy atom. The van der Waals surface area contributed by atoms with Crippen LogP contribution >= 0.6 is 7.60 Å². The molecule has 2 fully saturated rings. The van der Waals surface area contributed by atoms with E-state index < -0.39 is 86.0 Å². The van der Waals surface area contributed by atoms with Crippen LogP contribution in [0.3, 0.4) is 0 Å². The third-order valence-corrected chi connectivity index (χ3v) is 12.2. The first-order valence-electron chi connectivity index (χ1n) is 18.4. The number of fused-ring (bicyclic) bond motifs is 1. The lowest BCUT2D eigenvalue weighted by atomic mass is 10.0. The molecule has 2 heterocycles. The van der Waals surface area contributed by atoms with Crippen LogP contribution in [0, 0.1) is 11.8 Å². The van der Waals surface area contributed by atoms with Crippen LogP contribution in [0.25, 0.3) is 0 Å². The highest BCUT2D eigenvalue weighted by Crippen LogP contribution is 2.50. The Kier molecular flexibility index (Phi) is 17.2. The Balaban J connectivity index is 1.52. The van der Waals surface area contributed by atoms with Gasteiger partial charge in [-0.3, -0.25) is 18.5 Å². The molecule has 2 aliphatic heterocycles. The van der Waals surface area contributed by atoms with E-state index >= 15 is 0 Å². The molecule has 2 aliphatic rings. The Bertz CT molecular complexity index is 1790. The molecule has 2 aromatic carbocycles. The van der Waals surface area contributed by atoms with Crippen LogP contribution in [0.5, 0.6) is 11.5 Å². The fourth-order valence-electron chi connectivity index (χ4n) is 5.93. The van der Waals surface area contributed by atoms with Crippen LogP contribution in [-0.2, 0) is 58.8 Å². The van der Waals surface area contributed by atoms with Crippen LogP contribution in [0.1, 0.15) is 39.7 Å². The van der Waals surface area contributed by atoms with E-state index in [0.717, 1.165) is 11.2 Å². The monoisotopic (exact) mass is 870 g/mol. The van der Waals surface area contributed by atoms with Crippen molar-refractivity contribution in [3.8, 4) is 11.5 Å². The number of hydrogen-bond donors (Lipinski definition) is 2. The van der Waals surface area contributed by atoms with Crippen molar-refractivity contribution in [2.24, 2.45) is 11.8 Å². The van der Waals surface area contributed by atoms with Crippen LogP contribution in [0.2, 0.25) is 0 Å². The minimum atomic E-state index is -4.89. The van der Waals surface area contributed by atoms with Gasteiger partial charge in [0.25, 0.3) is 0 Å². The van der Waals surface area contributed by atoms with Crippen molar-refractivity contribution in [3.05, 3.63) is 54.1 Å². The third kappa shape index (κ3) is 14.0. The zero-order valence-corrected chi connectivity index (χ0v) is 34.3. The normalized spacial score (nSPS) is 20.8. The van der Waals surface area contributed by atoms with Crippen molar-refractivity contribution in [2.45, 2.75) is 82.3 Å². The average molecular weight is 871 g/mol. The predicted molar refractivity (Wildman–Crippen MR) is 197 cm³/mol. The number of hydrogen-bond acceptors (Lipinski definition) is 15. The maximum absolute atomic E-state index is 13.8. The summed E-state index contributed by atoms with van der Waals surface area (Å²) in [7, 11) is -7.44. The van der Waals surface area contributed by atoms with Gasteiger partial charge in [-0.05, 0) is 74.6 Å². The molecule has 0 saturated carbocycles. The van der Waals surface area contributed by atoms with Crippen LogP contribution < -0.4 is 14.8 Å². The largest absolute Gasteiger partial charge is 0.497 e. The lowest BCUT2D eigenvalue weighted by Crippen LogP contribution is -2.51. The molecule has 58 heavy (non-hydrogen) atoms. The van der Waals surface area contributed by atoms with Crippen molar-refractivity contribution in [1.82, 2.24) is 9.62 Å². The number of aliphatic hydroxyl groups is 1. The fourth-order valence-corrected chi connectivity index (χ4v) is 8.97. The predicted octanol–water partition coefficient (Wildman–Crippen LogP) is 4.81. The average Bonchev–Trinajstić information content (AvgIpc) is 3.80. The lowest BCUT2D eigenvalue weighted by Gasteiger charge is -2.31. The van der Waals surface area contributed by atoms with E-state index in [1.54, 1.807) is 0 Å². The molecule has 0 aliphatic carbocycles. The molecule has 7 atom stereocenters. The van der Waals surface area contributed by atoms with Gasteiger partial charge in [-0.25, -0.2) is 18.0 Å². The quantitative estimate of drug-likeness (QED) is 0.0926. The number of nitrogens with one attached hydrogen (secondary N) is 1. The minimum Gasteiger partial charge on any atom is -0.497 e. The number of ether oxygens (including phenoxy) is 5. The van der Waals surface area contributed by atoms with Gasteiger partial charge in [0.1, 0.15) is 17.6 Å². The Labute approximate surface area is 334 Å². The maximum atomic E-state index is 13.8. The summed E-state index contributed by atoms with van der Waals surface area (Å²) in [5.41, 5.74) is 0.485. The number of sulfonamides is 1. The van der Waals surface area contributed by atoms with E-state index in [2.05, 4.69) is 19.6 Å². The van der Waals surface area contributed by atoms with E-state index in [-0.39, 0.29) is 48.7 Å². The van der Waals surface area contributed by atoms with Gasteiger partial charge in [0.05, 0.1) is 49.9 Å². The highest BCUT2D eigenvalue weighted by molar-refractivity contribution is 7.89. The molecule has 326 valence electrons. The topological polar surface area (TPSA) is 204 Å². The molecular weight excluding hydrogens is 820 g/mol. The van der Waals surface area contributed by atoms with Crippen LogP contribution in [-0.4, -0.2) is 120 Å². The first-order chi connectivity index (χ1) is 27.3. The second-order valence-corrected chi connectivity index (χ2v) is 17.7. The van der Waals surface area contributed by atoms with Crippen molar-refractivity contribution < 1.29 is 83.4 Å². The first kappa shape index (κ1) is 47.2. The maximum Gasteiger partial charge on any atom is 0.412 e. The van der Waals surface area contributed by atoms with Gasteiger partial charge in [-0.15, -0.1) is 0 Å². The molecule has 0 bridgehead atoms. The smallest absolute Gasteiger partial charge is 0.412 e. The number of methoxy groups -OCH3 is 1. The van der Waals surface area contributed by atoms with Gasteiger partial charge in [0, 0.05) is 13.1 Å². The number of nitrogens with zero attached hydrogens (tertiary/aromatic N) is 1. The van der Waals surface area contributed by atoms with Crippen molar-refractivity contribution >= 4 is 29.7 Å². The number of amides is 1. The first-order valence-corrected chi connectivity index (χ1v) is 21.6. The van der Waals surface area contributed by atoms with E-state index in [9.17, 15) is 40.8 Å². The summed E-state index contributed by atoms with van der Waals surface area (Å²) in [5.74, 6) is -1.05. The second-order valence-electron chi connectivity index (χ2n) is 13.9. The molecule has 2 aromatic rings. The molecule has 2 saturated heterocycles. The summed E-state index contributed by atoms with van der Waals surface area (Å²) in [5, 5.41) is 14.3. The number of alkyl halides is 3. The number of carbonyl (C=O) groups is 2. The minimum absolute atomic E-state index is 0.000426. The van der Waals surface area contributed by atoms with Crippen molar-refractivity contribution in [2.75, 3.05) is 53.0 Å². The molecule has 4 rings (SSSR count). The number of halogens is 3. The second kappa shape index (κ2) is 21.1. The Morgan fingerprint density at radius 2 is 1.71 bits per heavy atom. The summed E-state index contributed by atoms with van der Waals surface area (Å²) in [6.45, 7) is 4.38. The highest BCUT2D eigenvalue weighted by atomic mass is 32.2. The molecule has 0 radical (unpaired) electrons. The van der Waals surface area contributed by atoms with E-state index in [4.69, 9.17) is 28.2 Å². The van der Waals surface area contributed by atoms with Crippen molar-refractivity contribution in [3.63, 3.8) is 0 Å². The number of alkyl carbamates (subject to hydrolysis) is 1. The lowest BCUT2D eigenvalue weighted by molar-refractivity contribution is -0.274. The van der Waals surface area contributed by atoms with Gasteiger partial charge in [0.15, 0.2) is 25.3 Å². The molecule has 22 heteroatoms. The molecule has 0 spiro atoms. The highest BCUT2D eigenvalue weighted by Gasteiger charge is 2.44. The van der Waals surface area contributed by atoms with Crippen LogP contribution in [0.4, 0.5) is 18.0 Å². The summed E-state index contributed by atoms with van der Waals surface area (Å²) >= 11 is 0. The number of rotatable bonds is 22. The molecule has 0 aromatic heterocycles. The molecular formula is C36H50F3N2O15PS. The van der Waals surface area contributed by atoms with Gasteiger partial charge in [0.2, 0.25) is 10.0 Å². The standard InChI is InChI=1S/C36H50F3N2O15PS/c1-6-52-55-33(43)24(4)56-57(45,53-21-36(37,38)39)22-51-27-9-7-25(8-10-27)17-30(40-35(44)54-32-20-50-34-29(32)15-16-49-34)31(42)19-41(18-23(2)3)58(46,47)28-13-11-26(48-5)12-14-28/h7-14,23-24,29-32,34,42H,6,15-22H2,1-5H3,(H,40,44)/t24-,29-,30-,31+,32-,34+,57?/m0/s1. The molecule has 2 N–H and O–H groups in total. The molecule has 1 unspecified atom stereocenters. The Hall–Kier alpha value is -3.53. The summed E-state index contributed by atoms with van der Waals surface area (Å²) in [6.07, 6.45) is -10.5. The number of carbonyl (C=O) groups excluding carboxylic acids is 2. The van der Waals surface area contributed by atoms with Gasteiger partial charge < -0.3 is 34.1 Å². The van der Waals surface area contributed by atoms with Gasteiger partial charge >= 0.3 is 25.8 Å². The zero-order valence-electron chi connectivity index (χ0n) is 32.6. The Morgan fingerprint density at radius 3 is 2.33 bits per heavy atom. The number of benzene rings is 2. The van der Waals surface area contributed by atoms with E-state index in [0.29, 0.717) is 24.3 Å². The zero-order chi connectivity index (χ0) is 42.7. The van der Waals surface area contributed by atoms with E-state index in [1.807, 2.05) is 13.8 Å². The summed E-state index contributed by atoms with van der Waals surface area (Å²) in [6, 6.07) is 10.4. The fraction of sp³-hybridized carbons (Fsp3) is 0.611. The summed E-state index contributed by atoms with van der Waals surface area (Å²) < 4.78 is 118. The molecule has 17 nitrogen and oxygen atoms in total. The van der Waals surface area contributed by atoms with Gasteiger partial charge in [-0.2, -0.15) is 22.4 Å². The van der Waals surface area contributed by atoms with Gasteiger partial charge in [-0.1, -0.05) is 26.0 Å².